The lowest BCUT2D eigenvalue weighted by Gasteiger charge is -2.14. The summed E-state index contributed by atoms with van der Waals surface area (Å²) in [6.07, 6.45) is 1.03. The lowest BCUT2D eigenvalue weighted by Crippen LogP contribution is -2.22. The molecule has 0 aromatic heterocycles. The molecule has 0 saturated heterocycles. The van der Waals surface area contributed by atoms with Crippen LogP contribution in [0.1, 0.15) is 37.8 Å². The maximum atomic E-state index is 9.57. The second-order valence-corrected chi connectivity index (χ2v) is 4.78. The monoisotopic (exact) mass is 252 g/mol. The smallest absolute Gasteiger partial charge is 0.119 e. The number of benzene rings is 1. The van der Waals surface area contributed by atoms with Crippen molar-refractivity contribution in [3.8, 4) is 5.75 Å². The van der Waals surface area contributed by atoms with Crippen LogP contribution in [0.4, 0.5) is 0 Å². The average Bonchev–Trinajstić information content (AvgIpc) is 2.34. The Morgan fingerprint density at radius 1 is 1.28 bits per heavy atom. The highest BCUT2D eigenvalue weighted by Gasteiger charge is 2.11. The van der Waals surface area contributed by atoms with Gasteiger partial charge in [0.1, 0.15) is 5.75 Å². The minimum absolute atomic E-state index is 0.577. The van der Waals surface area contributed by atoms with Gasteiger partial charge in [-0.15, -0.1) is 0 Å². The first-order valence-corrected chi connectivity index (χ1v) is 6.63. The zero-order valence-electron chi connectivity index (χ0n) is 11.5. The molecule has 0 aliphatic rings. The predicted octanol–water partition coefficient (Wildman–Crippen LogP) is 2.46. The molecule has 0 aliphatic heterocycles. The molecule has 0 fully saturated rings. The topological polar surface area (TPSA) is 49.7 Å². The number of rotatable bonds is 7. The SMILES string of the molecule is CCCOc1ccc(CCC(O)C(C)O)c(C)c1. The Kier molecular flexibility index (Phi) is 6.16. The van der Waals surface area contributed by atoms with Crippen molar-refractivity contribution in [2.45, 2.75) is 52.2 Å². The fourth-order valence-corrected chi connectivity index (χ4v) is 1.80. The molecule has 2 N–H and O–H groups in total. The van der Waals surface area contributed by atoms with Crippen molar-refractivity contribution in [2.24, 2.45) is 0 Å². The molecule has 1 aromatic carbocycles. The van der Waals surface area contributed by atoms with E-state index in [2.05, 4.69) is 6.92 Å². The molecule has 0 amide bonds. The molecule has 3 nitrogen and oxygen atoms in total. The second kappa shape index (κ2) is 7.39. The molecule has 0 bridgehead atoms. The van der Waals surface area contributed by atoms with E-state index < -0.39 is 12.2 Å². The summed E-state index contributed by atoms with van der Waals surface area (Å²) in [6.45, 7) is 6.47. The lowest BCUT2D eigenvalue weighted by atomic mass is 10.00. The van der Waals surface area contributed by atoms with Gasteiger partial charge in [0.25, 0.3) is 0 Å². The van der Waals surface area contributed by atoms with Crippen LogP contribution in [-0.2, 0) is 6.42 Å². The predicted molar refractivity (Wildman–Crippen MR) is 73.0 cm³/mol. The summed E-state index contributed by atoms with van der Waals surface area (Å²) >= 11 is 0. The number of hydrogen-bond acceptors (Lipinski definition) is 3. The maximum Gasteiger partial charge on any atom is 0.119 e. The van der Waals surface area contributed by atoms with Crippen LogP contribution in [0.3, 0.4) is 0 Å². The zero-order chi connectivity index (χ0) is 13.5. The van der Waals surface area contributed by atoms with Crippen molar-refractivity contribution in [3.05, 3.63) is 29.3 Å². The van der Waals surface area contributed by atoms with E-state index >= 15 is 0 Å². The summed E-state index contributed by atoms with van der Waals surface area (Å²) in [7, 11) is 0. The van der Waals surface area contributed by atoms with Gasteiger partial charge in [0.05, 0.1) is 18.8 Å². The molecule has 0 heterocycles. The van der Waals surface area contributed by atoms with Gasteiger partial charge in [0.15, 0.2) is 0 Å². The molecule has 1 aromatic rings. The van der Waals surface area contributed by atoms with Gasteiger partial charge in [-0.2, -0.15) is 0 Å². The van der Waals surface area contributed by atoms with E-state index in [9.17, 15) is 10.2 Å². The first-order chi connectivity index (χ1) is 8.54. The van der Waals surface area contributed by atoms with E-state index in [1.165, 1.54) is 11.1 Å². The van der Waals surface area contributed by atoms with E-state index in [0.717, 1.165) is 25.2 Å². The molecular weight excluding hydrogens is 228 g/mol. The van der Waals surface area contributed by atoms with Crippen molar-refractivity contribution in [1.82, 2.24) is 0 Å². The van der Waals surface area contributed by atoms with Gasteiger partial charge >= 0.3 is 0 Å². The Morgan fingerprint density at radius 2 is 2.00 bits per heavy atom. The normalized spacial score (nSPS) is 14.3. The van der Waals surface area contributed by atoms with E-state index in [-0.39, 0.29) is 0 Å². The highest BCUT2D eigenvalue weighted by molar-refractivity contribution is 5.34. The largest absolute Gasteiger partial charge is 0.494 e. The highest BCUT2D eigenvalue weighted by atomic mass is 16.5. The van der Waals surface area contributed by atoms with Gasteiger partial charge in [-0.3, -0.25) is 0 Å². The van der Waals surface area contributed by atoms with Crippen LogP contribution < -0.4 is 4.74 Å². The van der Waals surface area contributed by atoms with E-state index in [1.54, 1.807) is 6.92 Å². The first kappa shape index (κ1) is 15.0. The van der Waals surface area contributed by atoms with E-state index in [0.29, 0.717) is 6.42 Å². The first-order valence-electron chi connectivity index (χ1n) is 6.63. The molecule has 2 unspecified atom stereocenters. The number of hydrogen-bond donors (Lipinski definition) is 2. The van der Waals surface area contributed by atoms with E-state index in [4.69, 9.17) is 4.74 Å². The Bertz CT molecular complexity index is 361. The number of aryl methyl sites for hydroxylation is 2. The Balaban J connectivity index is 2.57. The van der Waals surface area contributed by atoms with Crippen LogP contribution in [0.2, 0.25) is 0 Å². The third-order valence-corrected chi connectivity index (χ3v) is 3.05. The minimum Gasteiger partial charge on any atom is -0.494 e. The molecule has 0 spiro atoms. The summed E-state index contributed by atoms with van der Waals surface area (Å²) in [4.78, 5) is 0. The highest BCUT2D eigenvalue weighted by Crippen LogP contribution is 2.19. The quantitative estimate of drug-likeness (QED) is 0.783. The summed E-state index contributed by atoms with van der Waals surface area (Å²) in [5, 5.41) is 18.8. The Morgan fingerprint density at radius 3 is 2.56 bits per heavy atom. The van der Waals surface area contributed by atoms with Gasteiger partial charge < -0.3 is 14.9 Å². The molecule has 0 saturated carbocycles. The van der Waals surface area contributed by atoms with Gasteiger partial charge in [-0.25, -0.2) is 0 Å². The summed E-state index contributed by atoms with van der Waals surface area (Å²) in [5.74, 6) is 0.897. The summed E-state index contributed by atoms with van der Waals surface area (Å²) in [6, 6.07) is 6.03. The van der Waals surface area contributed by atoms with Gasteiger partial charge in [-0.05, 0) is 56.4 Å². The molecule has 2 atom stereocenters. The van der Waals surface area contributed by atoms with Gasteiger partial charge in [0.2, 0.25) is 0 Å². The Hall–Kier alpha value is -1.06. The van der Waals surface area contributed by atoms with Crippen LogP contribution in [-0.4, -0.2) is 29.0 Å². The third-order valence-electron chi connectivity index (χ3n) is 3.05. The molecule has 1 rings (SSSR count). The van der Waals surface area contributed by atoms with Gasteiger partial charge in [0, 0.05) is 0 Å². The second-order valence-electron chi connectivity index (χ2n) is 4.78. The summed E-state index contributed by atoms with van der Waals surface area (Å²) < 4.78 is 5.57. The van der Waals surface area contributed by atoms with Crippen LogP contribution in [0, 0.1) is 6.92 Å². The zero-order valence-corrected chi connectivity index (χ0v) is 11.5. The fraction of sp³-hybridized carbons (Fsp3) is 0.600. The molecule has 18 heavy (non-hydrogen) atoms. The molecule has 0 aliphatic carbocycles. The van der Waals surface area contributed by atoms with Crippen LogP contribution in [0.5, 0.6) is 5.75 Å². The van der Waals surface area contributed by atoms with Crippen LogP contribution >= 0.6 is 0 Å². The van der Waals surface area contributed by atoms with Crippen molar-refractivity contribution in [2.75, 3.05) is 6.61 Å². The molecule has 0 radical (unpaired) electrons. The fourth-order valence-electron chi connectivity index (χ4n) is 1.80. The maximum absolute atomic E-state index is 9.57. The van der Waals surface area contributed by atoms with Crippen molar-refractivity contribution < 1.29 is 14.9 Å². The van der Waals surface area contributed by atoms with Crippen LogP contribution in [0.15, 0.2) is 18.2 Å². The minimum atomic E-state index is -0.669. The summed E-state index contributed by atoms with van der Waals surface area (Å²) in [5.41, 5.74) is 2.36. The number of ether oxygens (including phenoxy) is 1. The number of aliphatic hydroxyl groups excluding tert-OH is 2. The molecule has 3 heteroatoms. The average molecular weight is 252 g/mol. The van der Waals surface area contributed by atoms with Gasteiger partial charge in [-0.1, -0.05) is 13.0 Å². The molecule has 102 valence electrons. The standard InChI is InChI=1S/C15H24O3/c1-4-9-18-14-7-5-13(11(2)10-14)6-8-15(17)12(3)16/h5,7,10,12,15-17H,4,6,8-9H2,1-3H3. The van der Waals surface area contributed by atoms with Crippen LogP contribution in [0.25, 0.3) is 0 Å². The molecular formula is C15H24O3. The van der Waals surface area contributed by atoms with Crippen molar-refractivity contribution >= 4 is 0 Å². The van der Waals surface area contributed by atoms with Crippen molar-refractivity contribution in [1.29, 1.82) is 0 Å². The van der Waals surface area contributed by atoms with E-state index in [1.807, 2.05) is 25.1 Å². The third kappa shape index (κ3) is 4.67. The van der Waals surface area contributed by atoms with Crippen molar-refractivity contribution in [3.63, 3.8) is 0 Å². The lowest BCUT2D eigenvalue weighted by molar-refractivity contribution is 0.0265. The number of aliphatic hydroxyl groups is 2. The Labute approximate surface area is 109 Å².